The molecule has 2 aromatic carbocycles. The normalized spacial score (nSPS) is 11.5. The van der Waals surface area contributed by atoms with Gasteiger partial charge in [0.05, 0.1) is 18.5 Å². The second-order valence-electron chi connectivity index (χ2n) is 6.40. The summed E-state index contributed by atoms with van der Waals surface area (Å²) < 4.78 is 25.7. The third-order valence-corrected chi connectivity index (χ3v) is 5.36. The largest absolute Gasteiger partial charge is 0.357 e. The number of nitrogens with one attached hydrogen (secondary N) is 3. The summed E-state index contributed by atoms with van der Waals surface area (Å²) in [7, 11) is -3.33. The maximum Gasteiger partial charge on any atom is 0.229 e. The van der Waals surface area contributed by atoms with E-state index in [1.165, 1.54) is 16.0 Å². The van der Waals surface area contributed by atoms with E-state index in [2.05, 4.69) is 51.7 Å². The lowest BCUT2D eigenvalue weighted by atomic mass is 10.1. The molecule has 0 saturated carbocycles. The van der Waals surface area contributed by atoms with Gasteiger partial charge in [-0.15, -0.1) is 35.7 Å². The van der Waals surface area contributed by atoms with Crippen LogP contribution in [0.15, 0.2) is 52.4 Å². The van der Waals surface area contributed by atoms with E-state index >= 15 is 0 Å². The summed E-state index contributed by atoms with van der Waals surface area (Å²) in [6, 6.07) is 13.7. The van der Waals surface area contributed by atoms with Gasteiger partial charge in [0.1, 0.15) is 0 Å². The standard InChI is InChI=1S/C20H28N4O2S2.HI/c1-5-21-20(23-14-17-11-10-15(2)12-19(17)27-3)22-13-16-8-6-7-9-18(16)24-28(4,25)26;/h6-12,24H,5,13-14H2,1-4H3,(H2,21,22,23);1H. The van der Waals surface area contributed by atoms with Crippen LogP contribution < -0.4 is 15.4 Å². The Morgan fingerprint density at radius 3 is 2.48 bits per heavy atom. The molecule has 0 unspecified atom stereocenters. The van der Waals surface area contributed by atoms with Crippen LogP contribution in [0, 0.1) is 6.92 Å². The van der Waals surface area contributed by atoms with Gasteiger partial charge in [0.15, 0.2) is 5.96 Å². The molecule has 3 N–H and O–H groups in total. The minimum atomic E-state index is -3.33. The van der Waals surface area contributed by atoms with Gasteiger partial charge in [-0.25, -0.2) is 13.4 Å². The molecule has 160 valence electrons. The predicted molar refractivity (Wildman–Crippen MR) is 135 cm³/mol. The number of anilines is 1. The van der Waals surface area contributed by atoms with E-state index in [1.54, 1.807) is 23.9 Å². The van der Waals surface area contributed by atoms with Crippen molar-refractivity contribution in [3.63, 3.8) is 0 Å². The predicted octanol–water partition coefficient (Wildman–Crippen LogP) is 3.96. The molecule has 0 atom stereocenters. The third-order valence-electron chi connectivity index (χ3n) is 3.95. The number of nitrogens with zero attached hydrogens (tertiary/aromatic N) is 1. The molecule has 6 nitrogen and oxygen atoms in total. The van der Waals surface area contributed by atoms with Crippen LogP contribution >= 0.6 is 35.7 Å². The van der Waals surface area contributed by atoms with Gasteiger partial charge in [-0.1, -0.05) is 30.3 Å². The number of thioether (sulfide) groups is 1. The maximum absolute atomic E-state index is 11.6. The second-order valence-corrected chi connectivity index (χ2v) is 8.99. The van der Waals surface area contributed by atoms with Crippen LogP contribution in [0.4, 0.5) is 5.69 Å². The molecule has 0 heterocycles. The first-order valence-corrected chi connectivity index (χ1v) is 12.2. The van der Waals surface area contributed by atoms with Crippen LogP contribution in [-0.4, -0.2) is 33.4 Å². The number of halogens is 1. The summed E-state index contributed by atoms with van der Waals surface area (Å²) in [4.78, 5) is 5.91. The minimum absolute atomic E-state index is 0. The smallest absolute Gasteiger partial charge is 0.229 e. The van der Waals surface area contributed by atoms with Gasteiger partial charge >= 0.3 is 0 Å². The summed E-state index contributed by atoms with van der Waals surface area (Å²) in [5, 5.41) is 6.51. The first kappa shape index (κ1) is 25.6. The van der Waals surface area contributed by atoms with E-state index in [0.29, 0.717) is 24.7 Å². The van der Waals surface area contributed by atoms with Crippen LogP contribution in [0.3, 0.4) is 0 Å². The zero-order chi connectivity index (χ0) is 20.6. The molecule has 0 saturated heterocycles. The van der Waals surface area contributed by atoms with Crippen molar-refractivity contribution in [2.75, 3.05) is 23.8 Å². The monoisotopic (exact) mass is 548 g/mol. The molecule has 2 rings (SSSR count). The lowest BCUT2D eigenvalue weighted by molar-refractivity contribution is 0.606. The SMILES string of the molecule is CCNC(=NCc1ccc(C)cc1SC)NCc1ccccc1NS(C)(=O)=O.I. The maximum atomic E-state index is 11.6. The number of benzene rings is 2. The van der Waals surface area contributed by atoms with E-state index in [1.807, 2.05) is 19.1 Å². The first-order chi connectivity index (χ1) is 13.3. The van der Waals surface area contributed by atoms with E-state index in [0.717, 1.165) is 18.4 Å². The van der Waals surface area contributed by atoms with Crippen molar-refractivity contribution in [2.24, 2.45) is 4.99 Å². The van der Waals surface area contributed by atoms with Gasteiger partial charge < -0.3 is 10.6 Å². The van der Waals surface area contributed by atoms with Gasteiger partial charge in [0.2, 0.25) is 10.0 Å². The summed E-state index contributed by atoms with van der Waals surface area (Å²) in [5.41, 5.74) is 3.82. The third kappa shape index (κ3) is 8.83. The second kappa shape index (κ2) is 12.3. The van der Waals surface area contributed by atoms with Crippen LogP contribution in [0.25, 0.3) is 0 Å². The summed E-state index contributed by atoms with van der Waals surface area (Å²) in [5.74, 6) is 0.685. The molecule has 0 bridgehead atoms. The highest BCUT2D eigenvalue weighted by Gasteiger charge is 2.08. The van der Waals surface area contributed by atoms with Crippen LogP contribution in [0.2, 0.25) is 0 Å². The Kier molecular flexibility index (Phi) is 10.8. The van der Waals surface area contributed by atoms with Crippen molar-refractivity contribution in [3.8, 4) is 0 Å². The highest BCUT2D eigenvalue weighted by atomic mass is 127. The van der Waals surface area contributed by atoms with Crippen LogP contribution in [-0.2, 0) is 23.1 Å². The highest BCUT2D eigenvalue weighted by molar-refractivity contribution is 14.0. The molecule has 2 aromatic rings. The molecule has 0 aliphatic rings. The lowest BCUT2D eigenvalue weighted by Gasteiger charge is -2.15. The van der Waals surface area contributed by atoms with Crippen molar-refractivity contribution >= 4 is 57.4 Å². The number of rotatable bonds is 8. The lowest BCUT2D eigenvalue weighted by Crippen LogP contribution is -2.37. The average molecular weight is 549 g/mol. The Morgan fingerprint density at radius 2 is 1.83 bits per heavy atom. The molecular weight excluding hydrogens is 519 g/mol. The van der Waals surface area contributed by atoms with Gasteiger partial charge in [-0.3, -0.25) is 4.72 Å². The number of aliphatic imine (C=N–C) groups is 1. The fourth-order valence-electron chi connectivity index (χ4n) is 2.64. The molecule has 0 amide bonds. The van der Waals surface area contributed by atoms with E-state index in [-0.39, 0.29) is 24.0 Å². The Balaban J connectivity index is 0.00000420. The van der Waals surface area contributed by atoms with Crippen LogP contribution in [0.1, 0.15) is 23.6 Å². The van der Waals surface area contributed by atoms with Gasteiger partial charge in [-0.2, -0.15) is 0 Å². The Bertz CT molecular complexity index is 934. The summed E-state index contributed by atoms with van der Waals surface area (Å²) >= 11 is 1.72. The van der Waals surface area contributed by atoms with Crippen LogP contribution in [0.5, 0.6) is 0 Å². The minimum Gasteiger partial charge on any atom is -0.357 e. The molecule has 0 fully saturated rings. The number of guanidine groups is 1. The van der Waals surface area contributed by atoms with E-state index < -0.39 is 10.0 Å². The fraction of sp³-hybridized carbons (Fsp3) is 0.350. The van der Waals surface area contributed by atoms with Crippen molar-refractivity contribution in [3.05, 3.63) is 59.2 Å². The average Bonchev–Trinajstić information content (AvgIpc) is 2.64. The molecular formula is C20H29IN4O2S2. The van der Waals surface area contributed by atoms with Crippen molar-refractivity contribution < 1.29 is 8.42 Å². The Labute approximate surface area is 195 Å². The zero-order valence-electron chi connectivity index (χ0n) is 17.2. The van der Waals surface area contributed by atoms with E-state index in [4.69, 9.17) is 0 Å². The van der Waals surface area contributed by atoms with Gasteiger partial charge in [-0.05, 0) is 48.9 Å². The van der Waals surface area contributed by atoms with Crippen molar-refractivity contribution in [2.45, 2.75) is 31.8 Å². The quantitative estimate of drug-likeness (QED) is 0.201. The number of sulfonamides is 1. The molecule has 0 aliphatic heterocycles. The number of hydrogen-bond donors (Lipinski definition) is 3. The van der Waals surface area contributed by atoms with E-state index in [9.17, 15) is 8.42 Å². The molecule has 29 heavy (non-hydrogen) atoms. The number of para-hydroxylation sites is 1. The Morgan fingerprint density at radius 1 is 1.10 bits per heavy atom. The zero-order valence-corrected chi connectivity index (χ0v) is 21.1. The fourth-order valence-corrected chi connectivity index (χ4v) is 3.94. The molecule has 0 spiro atoms. The van der Waals surface area contributed by atoms with Gasteiger partial charge in [0, 0.05) is 18.0 Å². The topological polar surface area (TPSA) is 82.6 Å². The molecule has 0 aromatic heterocycles. The first-order valence-electron chi connectivity index (χ1n) is 9.03. The highest BCUT2D eigenvalue weighted by Crippen LogP contribution is 2.22. The number of aryl methyl sites for hydroxylation is 1. The number of hydrogen-bond acceptors (Lipinski definition) is 4. The molecule has 9 heteroatoms. The van der Waals surface area contributed by atoms with Crippen molar-refractivity contribution in [1.82, 2.24) is 10.6 Å². The summed E-state index contributed by atoms with van der Waals surface area (Å²) in [6.07, 6.45) is 3.21. The van der Waals surface area contributed by atoms with Crippen molar-refractivity contribution in [1.29, 1.82) is 0 Å². The molecule has 0 aliphatic carbocycles. The molecule has 0 radical (unpaired) electrons. The summed E-state index contributed by atoms with van der Waals surface area (Å²) in [6.45, 7) is 5.84. The van der Waals surface area contributed by atoms with Gasteiger partial charge in [0.25, 0.3) is 0 Å². The Hall–Kier alpha value is -1.46.